The number of benzene rings is 2. The third-order valence-electron chi connectivity index (χ3n) is 3.44. The molecule has 1 heterocycles. The van der Waals surface area contributed by atoms with Gasteiger partial charge in [-0.25, -0.2) is 4.39 Å². The van der Waals surface area contributed by atoms with E-state index in [9.17, 15) is 24.1 Å². The van der Waals surface area contributed by atoms with Crippen molar-refractivity contribution in [1.29, 1.82) is 0 Å². The minimum Gasteiger partial charge on any atom is -0.381 e. The highest BCUT2D eigenvalue weighted by Gasteiger charge is 2.13. The number of aromatic nitrogens is 2. The molecule has 1 aromatic heterocycles. The molecule has 9 heteroatoms. The lowest BCUT2D eigenvalue weighted by Crippen LogP contribution is -2.29. The summed E-state index contributed by atoms with van der Waals surface area (Å²) in [6, 6.07) is 8.04. The molecule has 0 aliphatic rings. The second-order valence-corrected chi connectivity index (χ2v) is 5.05. The predicted molar refractivity (Wildman–Crippen MR) is 85.6 cm³/mol. The quantitative estimate of drug-likeness (QED) is 0.383. The summed E-state index contributed by atoms with van der Waals surface area (Å²) in [5.41, 5.74) is -0.495. The first-order chi connectivity index (χ1) is 11.4. The van der Waals surface area contributed by atoms with Crippen LogP contribution in [0.2, 0.25) is 0 Å². The molecular formula is C15H11FN4O4. The summed E-state index contributed by atoms with van der Waals surface area (Å²) in [6.07, 6.45) is 0. The van der Waals surface area contributed by atoms with Crippen molar-refractivity contribution in [2.24, 2.45) is 0 Å². The number of nitrogens with zero attached hydrogens (tertiary/aromatic N) is 1. The highest BCUT2D eigenvalue weighted by atomic mass is 19.1. The van der Waals surface area contributed by atoms with Crippen LogP contribution in [0.15, 0.2) is 46.0 Å². The van der Waals surface area contributed by atoms with Crippen LogP contribution in [-0.4, -0.2) is 14.9 Å². The molecule has 0 fully saturated rings. The molecule has 3 rings (SSSR count). The first-order valence-electron chi connectivity index (χ1n) is 6.87. The van der Waals surface area contributed by atoms with Crippen LogP contribution in [0.5, 0.6) is 0 Å². The minimum absolute atomic E-state index is 0.131. The molecule has 3 aromatic rings. The summed E-state index contributed by atoms with van der Waals surface area (Å²) in [5.74, 6) is -0.386. The maximum Gasteiger partial charge on any atom is 0.314 e. The fourth-order valence-corrected chi connectivity index (χ4v) is 2.29. The van der Waals surface area contributed by atoms with E-state index < -0.39 is 16.0 Å². The first kappa shape index (κ1) is 15.4. The summed E-state index contributed by atoms with van der Waals surface area (Å²) < 4.78 is 12.9. The highest BCUT2D eigenvalue weighted by molar-refractivity contribution is 5.80. The lowest BCUT2D eigenvalue weighted by atomic mass is 10.1. The average Bonchev–Trinajstić information content (AvgIpc) is 2.55. The molecule has 8 nitrogen and oxygen atoms in total. The van der Waals surface area contributed by atoms with Gasteiger partial charge >= 0.3 is 11.1 Å². The van der Waals surface area contributed by atoms with Crippen molar-refractivity contribution >= 4 is 22.4 Å². The molecule has 0 spiro atoms. The highest BCUT2D eigenvalue weighted by Crippen LogP contribution is 2.22. The summed E-state index contributed by atoms with van der Waals surface area (Å²) in [5, 5.41) is 14.0. The second kappa shape index (κ2) is 5.95. The maximum atomic E-state index is 12.9. The summed E-state index contributed by atoms with van der Waals surface area (Å²) in [4.78, 5) is 38.1. The van der Waals surface area contributed by atoms with Gasteiger partial charge in [-0.2, -0.15) is 0 Å². The van der Waals surface area contributed by atoms with Crippen molar-refractivity contribution in [3.8, 4) is 0 Å². The number of nitrogens with one attached hydrogen (secondary N) is 3. The van der Waals surface area contributed by atoms with E-state index in [1.54, 1.807) is 0 Å². The van der Waals surface area contributed by atoms with Crippen LogP contribution in [0.25, 0.3) is 11.0 Å². The molecule has 0 aliphatic heterocycles. The van der Waals surface area contributed by atoms with E-state index in [-0.39, 0.29) is 23.6 Å². The van der Waals surface area contributed by atoms with Gasteiger partial charge in [-0.3, -0.25) is 19.7 Å². The molecule has 122 valence electrons. The first-order valence-corrected chi connectivity index (χ1v) is 6.87. The Hall–Kier alpha value is -3.49. The number of fused-ring (bicyclic) bond motifs is 1. The lowest BCUT2D eigenvalue weighted by Gasteiger charge is -2.09. The van der Waals surface area contributed by atoms with Crippen molar-refractivity contribution < 1.29 is 9.31 Å². The third kappa shape index (κ3) is 3.00. The van der Waals surface area contributed by atoms with Crippen LogP contribution in [0.3, 0.4) is 0 Å². The normalized spacial score (nSPS) is 10.7. The number of anilines is 1. The summed E-state index contributed by atoms with van der Waals surface area (Å²) >= 11 is 0. The van der Waals surface area contributed by atoms with Crippen LogP contribution in [-0.2, 0) is 6.54 Å². The number of halogens is 1. The predicted octanol–water partition coefficient (Wildman–Crippen LogP) is 1.88. The van der Waals surface area contributed by atoms with Gasteiger partial charge in [0.25, 0.3) is 5.69 Å². The van der Waals surface area contributed by atoms with Crippen molar-refractivity contribution in [2.45, 2.75) is 6.54 Å². The van der Waals surface area contributed by atoms with Gasteiger partial charge < -0.3 is 15.3 Å². The largest absolute Gasteiger partial charge is 0.381 e. The zero-order valence-electron chi connectivity index (χ0n) is 12.1. The Kier molecular flexibility index (Phi) is 3.82. The van der Waals surface area contributed by atoms with Gasteiger partial charge in [0.05, 0.1) is 16.0 Å². The van der Waals surface area contributed by atoms with E-state index in [1.807, 2.05) is 0 Å². The molecule has 0 atom stereocenters. The van der Waals surface area contributed by atoms with Gasteiger partial charge in [-0.1, -0.05) is 0 Å². The smallest absolute Gasteiger partial charge is 0.314 e. The molecule has 0 unspecified atom stereocenters. The number of non-ortho nitro benzene ring substituents is 1. The third-order valence-corrected chi connectivity index (χ3v) is 3.44. The number of H-pyrrole nitrogens is 2. The molecule has 0 bridgehead atoms. The second-order valence-electron chi connectivity index (χ2n) is 5.05. The molecule has 0 aliphatic carbocycles. The Morgan fingerprint density at radius 2 is 1.75 bits per heavy atom. The lowest BCUT2D eigenvalue weighted by molar-refractivity contribution is -0.384. The van der Waals surface area contributed by atoms with Crippen molar-refractivity contribution in [2.75, 3.05) is 5.32 Å². The van der Waals surface area contributed by atoms with Crippen molar-refractivity contribution in [3.63, 3.8) is 0 Å². The number of hydrogen-bond donors (Lipinski definition) is 3. The molecule has 24 heavy (non-hydrogen) atoms. The number of nitro benzene ring substituents is 1. The molecule has 0 radical (unpaired) electrons. The fourth-order valence-electron chi connectivity index (χ4n) is 2.29. The Morgan fingerprint density at radius 1 is 1.08 bits per heavy atom. The van der Waals surface area contributed by atoms with Gasteiger partial charge in [-0.15, -0.1) is 0 Å². The monoisotopic (exact) mass is 330 g/mol. The number of aromatic amines is 2. The number of hydrogen-bond acceptors (Lipinski definition) is 5. The van der Waals surface area contributed by atoms with Crippen molar-refractivity contribution in [3.05, 3.63) is 78.6 Å². The average molecular weight is 330 g/mol. The van der Waals surface area contributed by atoms with Crippen LogP contribution in [0, 0.1) is 15.9 Å². The Balaban J connectivity index is 2.05. The number of rotatable bonds is 4. The zero-order valence-corrected chi connectivity index (χ0v) is 12.1. The summed E-state index contributed by atoms with van der Waals surface area (Å²) in [6.45, 7) is 0.131. The standard InChI is InChI=1S/C15H11FN4O4/c16-9-1-3-10(4-2-9)17-7-8-5-11(20(23)24)6-12-13(8)19-15(22)14(21)18-12/h1-6,17H,7H2,(H,18,21)(H,19,22). The molecule has 2 aromatic carbocycles. The van der Waals surface area contributed by atoms with Gasteiger partial charge in [0.2, 0.25) is 0 Å². The molecule has 0 amide bonds. The molecule has 3 N–H and O–H groups in total. The van der Waals surface area contributed by atoms with E-state index in [0.29, 0.717) is 16.8 Å². The van der Waals surface area contributed by atoms with Gasteiger partial charge in [0.15, 0.2) is 0 Å². The van der Waals surface area contributed by atoms with E-state index in [0.717, 1.165) is 0 Å². The van der Waals surface area contributed by atoms with Gasteiger partial charge in [0.1, 0.15) is 5.82 Å². The van der Waals surface area contributed by atoms with E-state index in [1.165, 1.54) is 36.4 Å². The van der Waals surface area contributed by atoms with E-state index in [2.05, 4.69) is 15.3 Å². The number of nitro groups is 1. The minimum atomic E-state index is -0.888. The fraction of sp³-hybridized carbons (Fsp3) is 0.0667. The van der Waals surface area contributed by atoms with Crippen LogP contribution in [0.1, 0.15) is 5.56 Å². The topological polar surface area (TPSA) is 121 Å². The zero-order chi connectivity index (χ0) is 17.3. The van der Waals surface area contributed by atoms with Crippen LogP contribution in [0.4, 0.5) is 15.8 Å². The maximum absolute atomic E-state index is 12.9. The van der Waals surface area contributed by atoms with Gasteiger partial charge in [-0.05, 0) is 24.3 Å². The van der Waals surface area contributed by atoms with Gasteiger partial charge in [0, 0.05) is 29.9 Å². The Bertz CT molecular complexity index is 1040. The SMILES string of the molecule is O=c1[nH]c2cc([N+](=O)[O-])cc(CNc3ccc(F)cc3)c2[nH]c1=O. The van der Waals surface area contributed by atoms with E-state index in [4.69, 9.17) is 0 Å². The van der Waals surface area contributed by atoms with Crippen molar-refractivity contribution in [1.82, 2.24) is 9.97 Å². The molecular weight excluding hydrogens is 319 g/mol. The molecule has 0 saturated carbocycles. The van der Waals surface area contributed by atoms with E-state index >= 15 is 0 Å². The Labute approximate surface area is 133 Å². The van der Waals surface area contributed by atoms with Crippen LogP contribution >= 0.6 is 0 Å². The van der Waals surface area contributed by atoms with Crippen LogP contribution < -0.4 is 16.4 Å². The molecule has 0 saturated heterocycles. The Morgan fingerprint density at radius 3 is 2.42 bits per heavy atom. The summed E-state index contributed by atoms with van der Waals surface area (Å²) in [7, 11) is 0.